The second kappa shape index (κ2) is 10.0. The van der Waals surface area contributed by atoms with Gasteiger partial charge in [0.05, 0.1) is 13.2 Å². The molecule has 2 heterocycles. The lowest BCUT2D eigenvalue weighted by atomic mass is 9.90. The maximum absolute atomic E-state index is 13.5. The van der Waals surface area contributed by atoms with Gasteiger partial charge in [0.1, 0.15) is 6.04 Å². The minimum atomic E-state index is -0.402. The summed E-state index contributed by atoms with van der Waals surface area (Å²) in [5.41, 5.74) is 4.56. The van der Waals surface area contributed by atoms with Crippen LogP contribution in [0, 0.1) is 0 Å². The van der Waals surface area contributed by atoms with E-state index < -0.39 is 6.04 Å². The van der Waals surface area contributed by atoms with Crippen molar-refractivity contribution in [2.45, 2.75) is 12.0 Å². The van der Waals surface area contributed by atoms with Gasteiger partial charge in [-0.25, -0.2) is 0 Å². The monoisotopic (exact) mass is 439 g/mol. The van der Waals surface area contributed by atoms with E-state index in [0.29, 0.717) is 32.8 Å². The van der Waals surface area contributed by atoms with Crippen LogP contribution in [0.25, 0.3) is 10.9 Å². The van der Waals surface area contributed by atoms with Crippen LogP contribution in [-0.2, 0) is 9.53 Å². The molecule has 0 bridgehead atoms. The average molecular weight is 440 g/mol. The summed E-state index contributed by atoms with van der Waals surface area (Å²) < 4.78 is 5.46. The van der Waals surface area contributed by atoms with Crippen LogP contribution in [0.4, 0.5) is 0 Å². The smallest absolute Gasteiger partial charge is 0.244 e. The van der Waals surface area contributed by atoms with Crippen LogP contribution < -0.4 is 5.32 Å². The van der Waals surface area contributed by atoms with Crippen molar-refractivity contribution in [3.8, 4) is 0 Å². The van der Waals surface area contributed by atoms with Gasteiger partial charge < -0.3 is 19.9 Å². The molecule has 1 aliphatic rings. The number of fused-ring (bicyclic) bond motifs is 1. The van der Waals surface area contributed by atoms with Crippen molar-refractivity contribution in [2.24, 2.45) is 0 Å². The highest BCUT2D eigenvalue weighted by Crippen LogP contribution is 2.31. The van der Waals surface area contributed by atoms with E-state index in [-0.39, 0.29) is 11.8 Å². The molecule has 0 spiro atoms. The van der Waals surface area contributed by atoms with Crippen LogP contribution in [-0.4, -0.2) is 48.6 Å². The maximum atomic E-state index is 13.5. The number of aromatic amines is 1. The number of amides is 1. The molecule has 0 saturated carbocycles. The standard InChI is InChI=1S/C28H29N3O2/c32-28(31-15-17-33-18-16-31)27(22-11-5-2-6-12-22)30-19-24(21-9-3-1-4-10-21)25-20-29-26-14-8-7-13-23(25)26/h1-14,20,24,27,29-30H,15-19H2/t24-,27+/m1/s1. The van der Waals surface area contributed by atoms with Crippen molar-refractivity contribution in [3.63, 3.8) is 0 Å². The molecule has 5 rings (SSSR count). The number of morpholine rings is 1. The van der Waals surface area contributed by atoms with Crippen LogP contribution in [0.3, 0.4) is 0 Å². The molecule has 168 valence electrons. The number of rotatable bonds is 7. The lowest BCUT2D eigenvalue weighted by Crippen LogP contribution is -2.47. The SMILES string of the molecule is O=C([C@@H](NC[C@H](c1ccccc1)c1c[nH]c2ccccc12)c1ccccc1)N1CCOCC1. The highest BCUT2D eigenvalue weighted by atomic mass is 16.5. The Labute approximate surface area is 194 Å². The van der Waals surface area contributed by atoms with Gasteiger partial charge in [-0.1, -0.05) is 78.9 Å². The number of carbonyl (C=O) groups is 1. The number of carbonyl (C=O) groups excluding carboxylic acids is 1. The zero-order chi connectivity index (χ0) is 22.5. The van der Waals surface area contributed by atoms with E-state index in [2.05, 4.69) is 59.0 Å². The predicted molar refractivity (Wildman–Crippen MR) is 131 cm³/mol. The van der Waals surface area contributed by atoms with E-state index in [1.165, 1.54) is 16.5 Å². The first kappa shape index (κ1) is 21.4. The quantitative estimate of drug-likeness (QED) is 0.446. The molecular weight excluding hydrogens is 410 g/mol. The van der Waals surface area contributed by atoms with Gasteiger partial charge in [-0.15, -0.1) is 0 Å². The fourth-order valence-electron chi connectivity index (χ4n) is 4.67. The third kappa shape index (κ3) is 4.70. The van der Waals surface area contributed by atoms with Gasteiger partial charge in [0.2, 0.25) is 5.91 Å². The minimum absolute atomic E-state index is 0.103. The molecule has 5 heteroatoms. The lowest BCUT2D eigenvalue weighted by molar-refractivity contribution is -0.137. The highest BCUT2D eigenvalue weighted by molar-refractivity contribution is 5.85. The number of aromatic nitrogens is 1. The fourth-order valence-corrected chi connectivity index (χ4v) is 4.67. The van der Waals surface area contributed by atoms with Gasteiger partial charge in [-0.2, -0.15) is 0 Å². The molecule has 1 saturated heterocycles. The number of hydrogen-bond donors (Lipinski definition) is 2. The zero-order valence-electron chi connectivity index (χ0n) is 18.6. The molecular formula is C28H29N3O2. The van der Waals surface area contributed by atoms with Crippen molar-refractivity contribution in [2.75, 3.05) is 32.8 Å². The Morgan fingerprint density at radius 2 is 1.52 bits per heavy atom. The number of para-hydroxylation sites is 1. The number of H-pyrrole nitrogens is 1. The zero-order valence-corrected chi connectivity index (χ0v) is 18.6. The van der Waals surface area contributed by atoms with Crippen molar-refractivity contribution < 1.29 is 9.53 Å². The molecule has 1 aliphatic heterocycles. The number of benzene rings is 3. The first-order valence-corrected chi connectivity index (χ1v) is 11.6. The molecule has 0 radical (unpaired) electrons. The molecule has 2 N–H and O–H groups in total. The summed E-state index contributed by atoms with van der Waals surface area (Å²) in [6, 6.07) is 28.5. The molecule has 2 atom stereocenters. The average Bonchev–Trinajstić information content (AvgIpc) is 3.32. The molecule has 3 aromatic carbocycles. The van der Waals surface area contributed by atoms with E-state index in [0.717, 1.165) is 11.1 Å². The third-order valence-electron chi connectivity index (χ3n) is 6.43. The van der Waals surface area contributed by atoms with E-state index in [1.807, 2.05) is 47.4 Å². The van der Waals surface area contributed by atoms with E-state index >= 15 is 0 Å². The summed E-state index contributed by atoms with van der Waals surface area (Å²) in [7, 11) is 0. The third-order valence-corrected chi connectivity index (χ3v) is 6.43. The van der Waals surface area contributed by atoms with Crippen LogP contribution in [0.15, 0.2) is 91.1 Å². The minimum Gasteiger partial charge on any atom is -0.378 e. The highest BCUT2D eigenvalue weighted by Gasteiger charge is 2.28. The normalized spacial score (nSPS) is 15.9. The molecule has 5 nitrogen and oxygen atoms in total. The second-order valence-corrected chi connectivity index (χ2v) is 8.44. The molecule has 1 fully saturated rings. The summed E-state index contributed by atoms with van der Waals surface area (Å²) in [6.07, 6.45) is 2.10. The summed E-state index contributed by atoms with van der Waals surface area (Å²) in [4.78, 5) is 18.9. The predicted octanol–water partition coefficient (Wildman–Crippen LogP) is 4.49. The van der Waals surface area contributed by atoms with Crippen molar-refractivity contribution in [1.82, 2.24) is 15.2 Å². The molecule has 33 heavy (non-hydrogen) atoms. The summed E-state index contributed by atoms with van der Waals surface area (Å²) >= 11 is 0. The van der Waals surface area contributed by atoms with Gasteiger partial charge in [-0.05, 0) is 22.8 Å². The van der Waals surface area contributed by atoms with E-state index in [9.17, 15) is 4.79 Å². The summed E-state index contributed by atoms with van der Waals surface area (Å²) in [5.74, 6) is 0.210. The van der Waals surface area contributed by atoms with Crippen molar-refractivity contribution >= 4 is 16.8 Å². The Kier molecular flexibility index (Phi) is 6.51. The van der Waals surface area contributed by atoms with Gasteiger partial charge >= 0.3 is 0 Å². The topological polar surface area (TPSA) is 57.4 Å². The van der Waals surface area contributed by atoms with Gasteiger partial charge in [-0.3, -0.25) is 4.79 Å². The molecule has 1 amide bonds. The van der Waals surface area contributed by atoms with Gasteiger partial charge in [0.15, 0.2) is 0 Å². The first-order chi connectivity index (χ1) is 16.3. The summed E-state index contributed by atoms with van der Waals surface area (Å²) in [6.45, 7) is 3.09. The van der Waals surface area contributed by atoms with Crippen molar-refractivity contribution in [1.29, 1.82) is 0 Å². The molecule has 1 aromatic heterocycles. The number of nitrogens with zero attached hydrogens (tertiary/aromatic N) is 1. The Morgan fingerprint density at radius 1 is 0.879 bits per heavy atom. The Morgan fingerprint density at radius 3 is 2.24 bits per heavy atom. The number of ether oxygens (including phenoxy) is 1. The van der Waals surface area contributed by atoms with Crippen LogP contribution >= 0.6 is 0 Å². The largest absolute Gasteiger partial charge is 0.378 e. The molecule has 0 aliphatic carbocycles. The number of nitrogens with one attached hydrogen (secondary N) is 2. The van der Waals surface area contributed by atoms with Crippen LogP contribution in [0.1, 0.15) is 28.7 Å². The van der Waals surface area contributed by atoms with E-state index in [1.54, 1.807) is 0 Å². The first-order valence-electron chi connectivity index (χ1n) is 11.6. The van der Waals surface area contributed by atoms with Crippen LogP contribution in [0.5, 0.6) is 0 Å². The summed E-state index contributed by atoms with van der Waals surface area (Å²) in [5, 5.41) is 4.85. The second-order valence-electron chi connectivity index (χ2n) is 8.44. The lowest BCUT2D eigenvalue weighted by Gasteiger charge is -2.32. The fraction of sp³-hybridized carbons (Fsp3) is 0.250. The van der Waals surface area contributed by atoms with Crippen molar-refractivity contribution in [3.05, 3.63) is 108 Å². The maximum Gasteiger partial charge on any atom is 0.244 e. The Balaban J connectivity index is 1.46. The Bertz CT molecular complexity index is 1180. The molecule has 0 unspecified atom stereocenters. The van der Waals surface area contributed by atoms with Gasteiger partial charge in [0.25, 0.3) is 0 Å². The van der Waals surface area contributed by atoms with Crippen LogP contribution in [0.2, 0.25) is 0 Å². The van der Waals surface area contributed by atoms with Gasteiger partial charge in [0, 0.05) is 42.7 Å². The Hall–Kier alpha value is -3.41. The van der Waals surface area contributed by atoms with E-state index in [4.69, 9.17) is 4.74 Å². The number of hydrogen-bond acceptors (Lipinski definition) is 3. The molecule has 4 aromatic rings.